The Balaban J connectivity index is 1.87. The molecular formula is C12H21NO. The van der Waals surface area contributed by atoms with Gasteiger partial charge in [0.1, 0.15) is 0 Å². The van der Waals surface area contributed by atoms with Crippen LogP contribution in [0.3, 0.4) is 0 Å². The second kappa shape index (κ2) is 2.96. The van der Waals surface area contributed by atoms with Gasteiger partial charge in [0.25, 0.3) is 0 Å². The van der Waals surface area contributed by atoms with Crippen LogP contribution in [0.15, 0.2) is 0 Å². The number of nitrogens with two attached hydrogens (primary N) is 1. The van der Waals surface area contributed by atoms with Crippen LogP contribution >= 0.6 is 0 Å². The molecule has 0 aliphatic heterocycles. The molecule has 2 bridgehead atoms. The lowest BCUT2D eigenvalue weighted by molar-refractivity contribution is -0.00106. The molecule has 2 heteroatoms. The number of aliphatic hydroxyl groups excluding tert-OH is 1. The summed E-state index contributed by atoms with van der Waals surface area (Å²) in [6.45, 7) is 0. The zero-order chi connectivity index (χ0) is 9.76. The van der Waals surface area contributed by atoms with Gasteiger partial charge in [-0.15, -0.1) is 0 Å². The number of hydrogen-bond acceptors (Lipinski definition) is 2. The van der Waals surface area contributed by atoms with Crippen molar-refractivity contribution in [3.8, 4) is 0 Å². The molecular weight excluding hydrogens is 174 g/mol. The fraction of sp³-hybridized carbons (Fsp3) is 1.00. The predicted octanol–water partition coefficient (Wildman–Crippen LogP) is 1.66. The minimum absolute atomic E-state index is 0.0610. The number of fused-ring (bicyclic) bond motifs is 3. The van der Waals surface area contributed by atoms with Crippen LogP contribution in [0.4, 0.5) is 0 Å². The third kappa shape index (κ3) is 1.04. The first-order valence-corrected chi connectivity index (χ1v) is 6.16. The lowest BCUT2D eigenvalue weighted by atomic mass is 9.61. The highest BCUT2D eigenvalue weighted by atomic mass is 16.3. The van der Waals surface area contributed by atoms with Crippen molar-refractivity contribution in [3.63, 3.8) is 0 Å². The minimum atomic E-state index is -0.0610. The van der Waals surface area contributed by atoms with Gasteiger partial charge in [-0.1, -0.05) is 6.42 Å². The molecule has 0 radical (unpaired) electrons. The Morgan fingerprint density at radius 2 is 2.07 bits per heavy atom. The van der Waals surface area contributed by atoms with E-state index in [4.69, 9.17) is 5.73 Å². The van der Waals surface area contributed by atoms with Gasteiger partial charge in [-0.25, -0.2) is 0 Å². The summed E-state index contributed by atoms with van der Waals surface area (Å²) in [7, 11) is 0. The van der Waals surface area contributed by atoms with E-state index in [2.05, 4.69) is 0 Å². The molecule has 0 aromatic rings. The molecule has 0 saturated heterocycles. The van der Waals surface area contributed by atoms with E-state index in [1.165, 1.54) is 32.1 Å². The maximum atomic E-state index is 9.83. The van der Waals surface area contributed by atoms with Crippen LogP contribution in [0.2, 0.25) is 0 Å². The van der Waals surface area contributed by atoms with E-state index in [-0.39, 0.29) is 6.10 Å². The number of hydrogen-bond donors (Lipinski definition) is 2. The summed E-state index contributed by atoms with van der Waals surface area (Å²) in [4.78, 5) is 0. The maximum Gasteiger partial charge on any atom is 0.0546 e. The lowest BCUT2D eigenvalue weighted by Crippen LogP contribution is -2.49. The molecule has 3 fully saturated rings. The van der Waals surface area contributed by atoms with Gasteiger partial charge in [0.2, 0.25) is 0 Å². The zero-order valence-electron chi connectivity index (χ0n) is 8.78. The van der Waals surface area contributed by atoms with Crippen molar-refractivity contribution in [2.24, 2.45) is 23.0 Å². The predicted molar refractivity (Wildman–Crippen MR) is 55.7 cm³/mol. The molecule has 5 atom stereocenters. The van der Waals surface area contributed by atoms with Gasteiger partial charge >= 0.3 is 0 Å². The molecule has 0 amide bonds. The summed E-state index contributed by atoms with van der Waals surface area (Å²) in [6, 6.07) is 0.399. The van der Waals surface area contributed by atoms with Crippen LogP contribution in [0.5, 0.6) is 0 Å². The Morgan fingerprint density at radius 1 is 1.21 bits per heavy atom. The first kappa shape index (κ1) is 9.17. The number of aliphatic hydroxyl groups is 1. The highest BCUT2D eigenvalue weighted by molar-refractivity contribution is 5.10. The van der Waals surface area contributed by atoms with Crippen molar-refractivity contribution < 1.29 is 5.11 Å². The van der Waals surface area contributed by atoms with Crippen molar-refractivity contribution in [1.29, 1.82) is 0 Å². The van der Waals surface area contributed by atoms with E-state index in [9.17, 15) is 5.11 Å². The summed E-state index contributed by atoms with van der Waals surface area (Å²) in [6.07, 6.45) is 8.50. The van der Waals surface area contributed by atoms with Crippen LogP contribution < -0.4 is 5.73 Å². The molecule has 3 aliphatic carbocycles. The Kier molecular flexibility index (Phi) is 1.94. The van der Waals surface area contributed by atoms with Crippen LogP contribution in [0.25, 0.3) is 0 Å². The van der Waals surface area contributed by atoms with Crippen LogP contribution in [-0.4, -0.2) is 17.3 Å². The largest absolute Gasteiger partial charge is 0.393 e. The topological polar surface area (TPSA) is 46.2 Å². The van der Waals surface area contributed by atoms with Crippen molar-refractivity contribution in [2.75, 3.05) is 0 Å². The summed E-state index contributed by atoms with van der Waals surface area (Å²) >= 11 is 0. The van der Waals surface area contributed by atoms with Gasteiger partial charge in [0.15, 0.2) is 0 Å². The van der Waals surface area contributed by atoms with E-state index in [0.717, 1.165) is 24.7 Å². The molecule has 0 aromatic carbocycles. The third-order valence-corrected chi connectivity index (χ3v) is 5.25. The van der Waals surface area contributed by atoms with E-state index in [1.807, 2.05) is 0 Å². The molecule has 3 N–H and O–H groups in total. The average Bonchev–Trinajstić information content (AvgIpc) is 2.71. The molecule has 80 valence electrons. The van der Waals surface area contributed by atoms with Gasteiger partial charge in [-0.3, -0.25) is 0 Å². The summed E-state index contributed by atoms with van der Waals surface area (Å²) in [5.74, 6) is 1.63. The summed E-state index contributed by atoms with van der Waals surface area (Å²) in [5.41, 5.74) is 6.73. The molecule has 4 unspecified atom stereocenters. The van der Waals surface area contributed by atoms with E-state index in [1.54, 1.807) is 0 Å². The van der Waals surface area contributed by atoms with Crippen LogP contribution in [-0.2, 0) is 0 Å². The summed E-state index contributed by atoms with van der Waals surface area (Å²) < 4.78 is 0. The third-order valence-electron chi connectivity index (χ3n) is 5.25. The number of rotatable bonds is 0. The van der Waals surface area contributed by atoms with Gasteiger partial charge in [0, 0.05) is 6.04 Å². The minimum Gasteiger partial charge on any atom is -0.393 e. The smallest absolute Gasteiger partial charge is 0.0546 e. The maximum absolute atomic E-state index is 9.83. The van der Waals surface area contributed by atoms with Crippen molar-refractivity contribution in [1.82, 2.24) is 0 Å². The lowest BCUT2D eigenvalue weighted by Gasteiger charge is -2.46. The van der Waals surface area contributed by atoms with Crippen LogP contribution in [0.1, 0.15) is 44.9 Å². The van der Waals surface area contributed by atoms with E-state index in [0.29, 0.717) is 11.5 Å². The Hall–Kier alpha value is -0.0800. The summed E-state index contributed by atoms with van der Waals surface area (Å²) in [5, 5.41) is 9.83. The van der Waals surface area contributed by atoms with Gasteiger partial charge in [-0.2, -0.15) is 0 Å². The van der Waals surface area contributed by atoms with Gasteiger partial charge in [0.05, 0.1) is 6.10 Å². The molecule has 1 spiro atoms. The highest BCUT2D eigenvalue weighted by Gasteiger charge is 2.57. The highest BCUT2D eigenvalue weighted by Crippen LogP contribution is 2.60. The van der Waals surface area contributed by atoms with Gasteiger partial charge < -0.3 is 10.8 Å². The zero-order valence-corrected chi connectivity index (χ0v) is 8.78. The van der Waals surface area contributed by atoms with E-state index < -0.39 is 0 Å². The Labute approximate surface area is 85.9 Å². The fourth-order valence-electron chi connectivity index (χ4n) is 4.59. The SMILES string of the molecule is N[C@@H]1C2CCC(C2)C12CCCC(O)C2. The van der Waals surface area contributed by atoms with Crippen molar-refractivity contribution in [3.05, 3.63) is 0 Å². The molecule has 3 aliphatic rings. The second-order valence-corrected chi connectivity index (χ2v) is 5.78. The molecule has 2 nitrogen and oxygen atoms in total. The molecule has 0 heterocycles. The quantitative estimate of drug-likeness (QED) is 0.617. The first-order chi connectivity index (χ1) is 6.72. The average molecular weight is 195 g/mol. The normalized spacial score (nSPS) is 57.0. The Bertz CT molecular complexity index is 238. The molecule has 0 aromatic heterocycles. The Morgan fingerprint density at radius 3 is 2.71 bits per heavy atom. The standard InChI is InChI=1S/C12H21NO/c13-11-8-3-4-9(6-8)12(11)5-1-2-10(14)7-12/h8-11,14H,1-7,13H2/t8?,9?,10?,11-,12?/m1/s1. The fourth-order valence-corrected chi connectivity index (χ4v) is 4.59. The molecule has 14 heavy (non-hydrogen) atoms. The first-order valence-electron chi connectivity index (χ1n) is 6.16. The monoisotopic (exact) mass is 195 g/mol. The molecule has 3 rings (SSSR count). The van der Waals surface area contributed by atoms with E-state index >= 15 is 0 Å². The second-order valence-electron chi connectivity index (χ2n) is 5.78. The van der Waals surface area contributed by atoms with Gasteiger partial charge in [-0.05, 0) is 55.8 Å². The van der Waals surface area contributed by atoms with Crippen molar-refractivity contribution in [2.45, 2.75) is 57.1 Å². The molecule has 3 saturated carbocycles. The van der Waals surface area contributed by atoms with Crippen molar-refractivity contribution >= 4 is 0 Å². The van der Waals surface area contributed by atoms with Crippen LogP contribution in [0, 0.1) is 17.3 Å².